The second-order valence-electron chi connectivity index (χ2n) is 20.1. The highest BCUT2D eigenvalue weighted by Gasteiger charge is 2.32. The number of hydrogen-bond donors (Lipinski definition) is 9. The van der Waals surface area contributed by atoms with E-state index < -0.39 is 72.2 Å². The molecule has 23 heteroatoms. The Labute approximate surface area is 509 Å². The lowest BCUT2D eigenvalue weighted by molar-refractivity contribution is -0.133. The van der Waals surface area contributed by atoms with Gasteiger partial charge in [0, 0.05) is 36.5 Å². The fraction of sp³-hybridized carbons (Fsp3) is 0.297. The average Bonchev–Trinajstić information content (AvgIpc) is 3.16. The number of ether oxygens (including phenoxy) is 4. The Balaban J connectivity index is 1.21. The molecule has 0 aromatic heterocycles. The highest BCUT2D eigenvalue weighted by molar-refractivity contribution is 6.31. The first-order chi connectivity index (χ1) is 42.0. The van der Waals surface area contributed by atoms with Gasteiger partial charge in [0.2, 0.25) is 29.6 Å². The molecule has 0 saturated carbocycles. The zero-order chi connectivity index (χ0) is 62.3. The maximum atomic E-state index is 14.9. The van der Waals surface area contributed by atoms with E-state index in [-0.39, 0.29) is 83.3 Å². The number of amides is 8. The molecular formula is C64H72ClN9O13. The van der Waals surface area contributed by atoms with Gasteiger partial charge in [0.15, 0.2) is 0 Å². The summed E-state index contributed by atoms with van der Waals surface area (Å²) in [5.41, 5.74) is 10.9. The summed E-state index contributed by atoms with van der Waals surface area (Å²) in [6, 6.07) is 39.8. The van der Waals surface area contributed by atoms with Crippen molar-refractivity contribution in [2.24, 2.45) is 10.7 Å². The summed E-state index contributed by atoms with van der Waals surface area (Å²) in [7, 11) is 0. The molecule has 4 atom stereocenters. The van der Waals surface area contributed by atoms with Crippen LogP contribution in [-0.2, 0) is 77.4 Å². The Bertz CT molecular complexity index is 3250. The van der Waals surface area contributed by atoms with E-state index in [4.69, 9.17) is 36.3 Å². The number of unbranched alkanes of at least 4 members (excludes halogenated alkanes) is 1. The van der Waals surface area contributed by atoms with Crippen LogP contribution in [0.25, 0.3) is 0 Å². The molecule has 22 nitrogen and oxygen atoms in total. The Hall–Kier alpha value is -9.96. The number of nitrogens with two attached hydrogens (primary N) is 1. The summed E-state index contributed by atoms with van der Waals surface area (Å²) in [6.45, 7) is 3.11. The topological polar surface area (TPSA) is 316 Å². The number of hydrogen-bond acceptors (Lipinski definition) is 13. The number of phenolic OH excluding ortho intramolecular Hbond substituents is 1. The summed E-state index contributed by atoms with van der Waals surface area (Å²) in [6.07, 6.45) is -3.28. The van der Waals surface area contributed by atoms with E-state index in [0.29, 0.717) is 62.4 Å². The third-order valence-corrected chi connectivity index (χ3v) is 13.8. The van der Waals surface area contributed by atoms with Crippen molar-refractivity contribution in [3.63, 3.8) is 0 Å². The van der Waals surface area contributed by atoms with E-state index >= 15 is 0 Å². The molecule has 0 saturated heterocycles. The van der Waals surface area contributed by atoms with Crippen molar-refractivity contribution in [2.75, 3.05) is 13.1 Å². The predicted molar refractivity (Wildman–Crippen MR) is 325 cm³/mol. The standard InChI is InChI=1S/C64H72ClN9O13/c1-42-34-49(75)35-43(2)50(42)37-55(72-62(81)84-38-45-22-9-4-10-23-45)59(79)70-53(31-19-33-67-60(73-63(82)85-39-46-24-11-5-12-25-46)74-64(83)86-40-47-26-13-6-14-27-47)57(77)71-54(36-44-20-7-3-8-21-44)58(78)69-52(56(66)76)30-17-18-32-68-61(80)87-41-48-28-15-16-29-51(48)65/h3-16,20-29,34-35,52-55,75H,17-19,30-33,36-41H2,1-2H3,(H2,66,76)(H,68,80)(H,69,78)(H,70,79)(H,71,77)(H,72,81)(H2,67,73,74,82,83)/t52-,53+,54-,55-/m0/s1. The largest absolute Gasteiger partial charge is 0.508 e. The number of nitrogens with zero attached hydrogens (tertiary/aromatic N) is 1. The van der Waals surface area contributed by atoms with Gasteiger partial charge in [-0.05, 0) is 103 Å². The number of aryl methyl sites for hydroxylation is 2. The Morgan fingerprint density at radius 1 is 0.494 bits per heavy atom. The number of rotatable bonds is 29. The van der Waals surface area contributed by atoms with Crippen LogP contribution in [0.15, 0.2) is 163 Å². The number of benzene rings is 6. The molecule has 0 bridgehead atoms. The minimum absolute atomic E-state index is 0.0117. The van der Waals surface area contributed by atoms with Gasteiger partial charge in [-0.3, -0.25) is 24.5 Å². The molecular weight excluding hydrogens is 1140 g/mol. The average molecular weight is 1210 g/mol. The van der Waals surface area contributed by atoms with E-state index in [1.165, 1.54) is 12.1 Å². The van der Waals surface area contributed by atoms with Crippen molar-refractivity contribution in [2.45, 2.75) is 109 Å². The molecule has 0 aliphatic rings. The van der Waals surface area contributed by atoms with Gasteiger partial charge in [-0.2, -0.15) is 0 Å². The minimum Gasteiger partial charge on any atom is -0.508 e. The van der Waals surface area contributed by atoms with Crippen LogP contribution in [0.1, 0.15) is 76.6 Å². The Morgan fingerprint density at radius 2 is 0.954 bits per heavy atom. The van der Waals surface area contributed by atoms with Crippen LogP contribution in [-0.4, -0.2) is 96.3 Å². The molecule has 0 spiro atoms. The van der Waals surface area contributed by atoms with Gasteiger partial charge in [-0.15, -0.1) is 4.99 Å². The van der Waals surface area contributed by atoms with Gasteiger partial charge >= 0.3 is 24.4 Å². The SMILES string of the molecule is Cc1cc(O)cc(C)c1C[C@H](NC(=O)OCc1ccccc1)C(=O)N[C@H](CCCN/C(=N\C(=O)OCc1ccccc1)NC(=O)OCc1ccccc1)C(=O)N[C@@H](Cc1ccccc1)C(=O)N[C@@H](CCCCNC(=O)OCc1ccccc1Cl)C(N)=O. The van der Waals surface area contributed by atoms with Gasteiger partial charge in [0.1, 0.15) is 56.3 Å². The summed E-state index contributed by atoms with van der Waals surface area (Å²) in [5.74, 6) is -3.70. The molecule has 6 aromatic rings. The number of carbonyl (C=O) groups excluding carboxylic acids is 8. The van der Waals surface area contributed by atoms with E-state index in [0.717, 1.165) is 0 Å². The number of alkyl carbamates (subject to hydrolysis) is 3. The second kappa shape index (κ2) is 35.4. The number of nitrogens with one attached hydrogen (secondary N) is 7. The number of aliphatic imine (C=N–C) groups is 1. The molecule has 8 amide bonds. The van der Waals surface area contributed by atoms with Crippen molar-refractivity contribution in [3.8, 4) is 5.75 Å². The zero-order valence-corrected chi connectivity index (χ0v) is 49.0. The zero-order valence-electron chi connectivity index (χ0n) is 48.3. The number of halogens is 1. The minimum atomic E-state index is -1.46. The quantitative estimate of drug-likeness (QED) is 0.00938. The number of phenols is 1. The molecule has 0 unspecified atom stereocenters. The molecule has 458 valence electrons. The molecule has 0 fully saturated rings. The highest BCUT2D eigenvalue weighted by atomic mass is 35.5. The normalized spacial score (nSPS) is 12.3. The third kappa shape index (κ3) is 23.9. The van der Waals surface area contributed by atoms with Gasteiger partial charge in [0.25, 0.3) is 0 Å². The number of guanidine groups is 1. The number of aromatic hydroxyl groups is 1. The van der Waals surface area contributed by atoms with Crippen molar-refractivity contribution in [1.29, 1.82) is 0 Å². The first kappa shape index (κ1) is 66.2. The maximum Gasteiger partial charge on any atom is 0.437 e. The lowest BCUT2D eigenvalue weighted by Crippen LogP contribution is -2.59. The fourth-order valence-corrected chi connectivity index (χ4v) is 9.03. The molecule has 87 heavy (non-hydrogen) atoms. The fourth-order valence-electron chi connectivity index (χ4n) is 8.84. The van der Waals surface area contributed by atoms with Crippen LogP contribution in [0, 0.1) is 13.8 Å². The first-order valence-corrected chi connectivity index (χ1v) is 28.5. The predicted octanol–water partition coefficient (Wildman–Crippen LogP) is 7.77. The van der Waals surface area contributed by atoms with Crippen LogP contribution in [0.4, 0.5) is 19.2 Å². The van der Waals surface area contributed by atoms with Crippen LogP contribution < -0.4 is 43.0 Å². The van der Waals surface area contributed by atoms with E-state index in [1.807, 2.05) is 0 Å². The van der Waals surface area contributed by atoms with Crippen LogP contribution in [0.3, 0.4) is 0 Å². The van der Waals surface area contributed by atoms with Gasteiger partial charge in [-0.25, -0.2) is 19.2 Å². The third-order valence-electron chi connectivity index (χ3n) is 13.4. The van der Waals surface area contributed by atoms with Gasteiger partial charge in [0.05, 0.1) is 0 Å². The molecule has 0 heterocycles. The van der Waals surface area contributed by atoms with E-state index in [1.54, 1.807) is 159 Å². The first-order valence-electron chi connectivity index (χ1n) is 28.1. The lowest BCUT2D eigenvalue weighted by atomic mass is 9.95. The highest BCUT2D eigenvalue weighted by Crippen LogP contribution is 2.23. The second-order valence-corrected chi connectivity index (χ2v) is 20.6. The molecule has 0 aliphatic heterocycles. The summed E-state index contributed by atoms with van der Waals surface area (Å²) < 4.78 is 21.5. The number of carbonyl (C=O) groups is 8. The van der Waals surface area contributed by atoms with Gasteiger partial charge < -0.3 is 61.7 Å². The van der Waals surface area contributed by atoms with Crippen molar-refractivity contribution >= 4 is 65.6 Å². The molecule has 6 aromatic carbocycles. The van der Waals surface area contributed by atoms with Crippen LogP contribution in [0.2, 0.25) is 5.02 Å². The van der Waals surface area contributed by atoms with E-state index in [2.05, 4.69) is 42.2 Å². The summed E-state index contributed by atoms with van der Waals surface area (Å²) in [4.78, 5) is 113. The molecule has 0 aliphatic carbocycles. The number of primary amides is 1. The Morgan fingerprint density at radius 3 is 1.53 bits per heavy atom. The summed E-state index contributed by atoms with van der Waals surface area (Å²) in [5, 5.41) is 29.6. The summed E-state index contributed by atoms with van der Waals surface area (Å²) >= 11 is 6.17. The van der Waals surface area contributed by atoms with E-state index in [9.17, 15) is 43.5 Å². The van der Waals surface area contributed by atoms with Crippen molar-refractivity contribution in [3.05, 3.63) is 207 Å². The molecule has 6 rings (SSSR count). The lowest BCUT2D eigenvalue weighted by Gasteiger charge is -2.27. The van der Waals surface area contributed by atoms with Crippen molar-refractivity contribution < 1.29 is 62.4 Å². The van der Waals surface area contributed by atoms with Crippen LogP contribution >= 0.6 is 11.6 Å². The van der Waals surface area contributed by atoms with Crippen LogP contribution in [0.5, 0.6) is 5.75 Å². The monoisotopic (exact) mass is 1210 g/mol. The van der Waals surface area contributed by atoms with Gasteiger partial charge in [-0.1, -0.05) is 151 Å². The maximum absolute atomic E-state index is 14.9. The smallest absolute Gasteiger partial charge is 0.437 e. The molecule has 10 N–H and O–H groups in total. The van der Waals surface area contributed by atoms with Crippen molar-refractivity contribution in [1.82, 2.24) is 37.2 Å². The Kier molecular flexibility index (Phi) is 26.9. The molecule has 0 radical (unpaired) electrons.